The number of aromatic nitrogens is 4. The van der Waals surface area contributed by atoms with Crippen LogP contribution in [0.15, 0.2) is 49.1 Å². The standard InChI is InChI=1S/C22H25N5O/c28-22(18-15-24-25-20(18)16-6-2-1-3-7-16)27-13-12-26-11-5-9-19(26)21(27)17-8-4-10-23-14-17/h4-5,8-11,14-16,21H,1-3,6-7,12-13H2,(H,24,25)/t21-/m0/s1. The molecule has 1 saturated carbocycles. The van der Waals surface area contributed by atoms with Crippen molar-refractivity contribution in [1.82, 2.24) is 24.6 Å². The summed E-state index contributed by atoms with van der Waals surface area (Å²) in [5.41, 5.74) is 3.94. The number of H-pyrrole nitrogens is 1. The molecule has 2 aliphatic rings. The summed E-state index contributed by atoms with van der Waals surface area (Å²) < 4.78 is 2.23. The highest BCUT2D eigenvalue weighted by Crippen LogP contribution is 2.36. The van der Waals surface area contributed by atoms with Crippen LogP contribution in [0.4, 0.5) is 0 Å². The summed E-state index contributed by atoms with van der Waals surface area (Å²) >= 11 is 0. The van der Waals surface area contributed by atoms with Crippen LogP contribution < -0.4 is 0 Å². The number of rotatable bonds is 3. The third-order valence-electron chi connectivity index (χ3n) is 6.21. The minimum atomic E-state index is -0.126. The summed E-state index contributed by atoms with van der Waals surface area (Å²) in [6.45, 7) is 1.48. The Morgan fingerprint density at radius 3 is 2.79 bits per heavy atom. The number of pyridine rings is 1. The number of fused-ring (bicyclic) bond motifs is 1. The monoisotopic (exact) mass is 375 g/mol. The zero-order valence-corrected chi connectivity index (χ0v) is 15.9. The fourth-order valence-corrected chi connectivity index (χ4v) is 4.81. The molecule has 0 unspecified atom stereocenters. The van der Waals surface area contributed by atoms with Gasteiger partial charge in [-0.3, -0.25) is 14.9 Å². The molecule has 3 aromatic heterocycles. The molecule has 1 fully saturated rings. The van der Waals surface area contributed by atoms with Gasteiger partial charge in [0.2, 0.25) is 0 Å². The van der Waals surface area contributed by atoms with Crippen molar-refractivity contribution in [1.29, 1.82) is 0 Å². The minimum absolute atomic E-state index is 0.0654. The highest BCUT2D eigenvalue weighted by Gasteiger charge is 2.35. The Balaban J connectivity index is 1.52. The van der Waals surface area contributed by atoms with Gasteiger partial charge in [0.1, 0.15) is 0 Å². The first-order chi connectivity index (χ1) is 13.8. The third kappa shape index (κ3) is 2.93. The SMILES string of the molecule is O=C(c1cn[nH]c1C1CCCCC1)N1CCn2cccc2[C@@H]1c1cccnc1. The molecule has 0 spiro atoms. The minimum Gasteiger partial charge on any atom is -0.348 e. The number of nitrogens with one attached hydrogen (secondary N) is 1. The van der Waals surface area contributed by atoms with Gasteiger partial charge in [-0.2, -0.15) is 5.10 Å². The van der Waals surface area contributed by atoms with Crippen LogP contribution in [0.5, 0.6) is 0 Å². The molecule has 144 valence electrons. The number of hydrogen-bond donors (Lipinski definition) is 1. The van der Waals surface area contributed by atoms with E-state index in [1.54, 1.807) is 12.4 Å². The van der Waals surface area contributed by atoms with Crippen molar-refractivity contribution in [2.75, 3.05) is 6.54 Å². The van der Waals surface area contributed by atoms with E-state index in [1.165, 1.54) is 19.3 Å². The van der Waals surface area contributed by atoms with Gasteiger partial charge in [0, 0.05) is 43.3 Å². The van der Waals surface area contributed by atoms with Crippen molar-refractivity contribution in [3.05, 3.63) is 71.6 Å². The van der Waals surface area contributed by atoms with Crippen LogP contribution in [-0.2, 0) is 6.54 Å². The van der Waals surface area contributed by atoms with Crippen LogP contribution in [0, 0.1) is 0 Å². The van der Waals surface area contributed by atoms with Gasteiger partial charge in [0.15, 0.2) is 0 Å². The Labute approximate surface area is 164 Å². The Bertz CT molecular complexity index is 954. The molecule has 6 heteroatoms. The molecule has 1 amide bonds. The first-order valence-corrected chi connectivity index (χ1v) is 10.2. The average Bonchev–Trinajstić information content (AvgIpc) is 3.43. The first kappa shape index (κ1) is 17.2. The molecule has 0 aromatic carbocycles. The van der Waals surface area contributed by atoms with Crippen LogP contribution in [0.25, 0.3) is 0 Å². The van der Waals surface area contributed by atoms with E-state index in [9.17, 15) is 4.79 Å². The number of hydrogen-bond acceptors (Lipinski definition) is 3. The van der Waals surface area contributed by atoms with E-state index in [0.717, 1.165) is 41.9 Å². The zero-order valence-electron chi connectivity index (χ0n) is 15.9. The molecule has 5 rings (SSSR count). The lowest BCUT2D eigenvalue weighted by molar-refractivity contribution is 0.0662. The lowest BCUT2D eigenvalue weighted by atomic mass is 9.85. The predicted octanol–water partition coefficient (Wildman–Crippen LogP) is 3.90. The van der Waals surface area contributed by atoms with Crippen molar-refractivity contribution < 1.29 is 4.79 Å². The highest BCUT2D eigenvalue weighted by molar-refractivity contribution is 5.96. The predicted molar refractivity (Wildman–Crippen MR) is 106 cm³/mol. The molecule has 0 radical (unpaired) electrons. The molecule has 6 nitrogen and oxygen atoms in total. The number of amides is 1. The molecule has 1 aliphatic carbocycles. The van der Waals surface area contributed by atoms with Gasteiger partial charge in [0.05, 0.1) is 23.5 Å². The topological polar surface area (TPSA) is 66.8 Å². The van der Waals surface area contributed by atoms with Crippen LogP contribution in [0.2, 0.25) is 0 Å². The molecule has 1 atom stereocenters. The summed E-state index contributed by atoms with van der Waals surface area (Å²) in [4.78, 5) is 20.0. The lowest BCUT2D eigenvalue weighted by Crippen LogP contribution is -2.42. The van der Waals surface area contributed by atoms with Crippen LogP contribution in [0.1, 0.15) is 71.4 Å². The maximum atomic E-state index is 13.7. The quantitative estimate of drug-likeness (QED) is 0.755. The largest absolute Gasteiger partial charge is 0.348 e. The molecule has 4 heterocycles. The number of carbonyl (C=O) groups excluding carboxylic acids is 1. The highest BCUT2D eigenvalue weighted by atomic mass is 16.2. The van der Waals surface area contributed by atoms with Crippen molar-refractivity contribution in [2.24, 2.45) is 0 Å². The summed E-state index contributed by atoms with van der Waals surface area (Å²) in [5, 5.41) is 7.40. The van der Waals surface area contributed by atoms with Crippen molar-refractivity contribution in [2.45, 2.75) is 50.6 Å². The molecular weight excluding hydrogens is 350 g/mol. The van der Waals surface area contributed by atoms with E-state index in [4.69, 9.17) is 0 Å². The normalized spacial score (nSPS) is 20.1. The second-order valence-electron chi connectivity index (χ2n) is 7.85. The van der Waals surface area contributed by atoms with Crippen molar-refractivity contribution >= 4 is 5.91 Å². The number of nitrogens with zero attached hydrogens (tertiary/aromatic N) is 4. The third-order valence-corrected chi connectivity index (χ3v) is 6.21. The summed E-state index contributed by atoms with van der Waals surface area (Å²) in [6.07, 6.45) is 13.5. The van der Waals surface area contributed by atoms with Crippen LogP contribution in [-0.4, -0.2) is 37.1 Å². The van der Waals surface area contributed by atoms with Crippen molar-refractivity contribution in [3.8, 4) is 0 Å². The van der Waals surface area contributed by atoms with Crippen LogP contribution >= 0.6 is 0 Å². The molecular formula is C22H25N5O. The van der Waals surface area contributed by atoms with Crippen molar-refractivity contribution in [3.63, 3.8) is 0 Å². The Morgan fingerprint density at radius 1 is 1.07 bits per heavy atom. The van der Waals surface area contributed by atoms with E-state index in [0.29, 0.717) is 12.5 Å². The van der Waals surface area contributed by atoms with Gasteiger partial charge in [-0.25, -0.2) is 0 Å². The number of aromatic amines is 1. The second-order valence-corrected chi connectivity index (χ2v) is 7.85. The van der Waals surface area contributed by atoms with E-state index in [1.807, 2.05) is 17.2 Å². The van der Waals surface area contributed by atoms with E-state index in [-0.39, 0.29) is 11.9 Å². The molecule has 1 N–H and O–H groups in total. The molecule has 0 bridgehead atoms. The van der Waals surface area contributed by atoms with Crippen LogP contribution in [0.3, 0.4) is 0 Å². The maximum Gasteiger partial charge on any atom is 0.258 e. The van der Waals surface area contributed by atoms with Gasteiger partial charge in [-0.05, 0) is 36.6 Å². The molecule has 28 heavy (non-hydrogen) atoms. The lowest BCUT2D eigenvalue weighted by Gasteiger charge is -2.37. The van der Waals surface area contributed by atoms with Gasteiger partial charge in [0.25, 0.3) is 5.91 Å². The smallest absolute Gasteiger partial charge is 0.258 e. The zero-order chi connectivity index (χ0) is 18.9. The summed E-state index contributed by atoms with van der Waals surface area (Å²) in [7, 11) is 0. The van der Waals surface area contributed by atoms with E-state index in [2.05, 4.69) is 44.1 Å². The Morgan fingerprint density at radius 2 is 1.96 bits per heavy atom. The Hall–Kier alpha value is -2.89. The molecule has 3 aromatic rings. The van der Waals surface area contributed by atoms with Gasteiger partial charge in [-0.15, -0.1) is 0 Å². The number of carbonyl (C=O) groups is 1. The Kier molecular flexibility index (Phi) is 4.47. The summed E-state index contributed by atoms with van der Waals surface area (Å²) in [5.74, 6) is 0.483. The van der Waals surface area contributed by atoms with E-state index < -0.39 is 0 Å². The maximum absolute atomic E-state index is 13.7. The molecule has 0 saturated heterocycles. The van der Waals surface area contributed by atoms with E-state index >= 15 is 0 Å². The molecule has 1 aliphatic heterocycles. The van der Waals surface area contributed by atoms with Gasteiger partial charge >= 0.3 is 0 Å². The van der Waals surface area contributed by atoms with Gasteiger partial charge in [-0.1, -0.05) is 25.3 Å². The fraction of sp³-hybridized carbons (Fsp3) is 0.409. The van der Waals surface area contributed by atoms with Gasteiger partial charge < -0.3 is 9.47 Å². The second kappa shape index (κ2) is 7.26. The average molecular weight is 375 g/mol. The fourth-order valence-electron chi connectivity index (χ4n) is 4.81. The first-order valence-electron chi connectivity index (χ1n) is 10.2. The summed E-state index contributed by atoms with van der Waals surface area (Å²) in [6, 6.07) is 8.02.